The summed E-state index contributed by atoms with van der Waals surface area (Å²) < 4.78 is 20.8. The number of amides is 2. The molecule has 3 aromatic heterocycles. The lowest BCUT2D eigenvalue weighted by molar-refractivity contribution is -0.127. The summed E-state index contributed by atoms with van der Waals surface area (Å²) in [5.74, 6) is 0.194. The fourth-order valence-electron chi connectivity index (χ4n) is 3.98. The summed E-state index contributed by atoms with van der Waals surface area (Å²) in [4.78, 5) is 32.0. The van der Waals surface area contributed by atoms with Crippen molar-refractivity contribution >= 4 is 23.6 Å². The minimum Gasteiger partial charge on any atom is -0.467 e. The van der Waals surface area contributed by atoms with E-state index in [1.807, 2.05) is 28.8 Å². The number of furan rings is 1. The van der Waals surface area contributed by atoms with Crippen molar-refractivity contribution in [2.24, 2.45) is 0 Å². The summed E-state index contributed by atoms with van der Waals surface area (Å²) >= 11 is 1.29. The van der Waals surface area contributed by atoms with Crippen LogP contribution in [-0.4, -0.2) is 48.3 Å². The van der Waals surface area contributed by atoms with Crippen molar-refractivity contribution in [3.63, 3.8) is 0 Å². The molecule has 0 unspecified atom stereocenters. The van der Waals surface area contributed by atoms with E-state index in [1.54, 1.807) is 18.7 Å². The van der Waals surface area contributed by atoms with Gasteiger partial charge in [-0.2, -0.15) is 0 Å². The number of halogens is 1. The van der Waals surface area contributed by atoms with E-state index in [4.69, 9.17) is 4.42 Å². The summed E-state index contributed by atoms with van der Waals surface area (Å²) in [6.45, 7) is 0.706. The molecule has 1 aromatic carbocycles. The third-order valence-corrected chi connectivity index (χ3v) is 6.99. The minimum absolute atomic E-state index is 0.280. The number of hydrogen-bond acceptors (Lipinski definition) is 7. The van der Waals surface area contributed by atoms with Crippen LogP contribution in [0.4, 0.5) is 4.39 Å². The van der Waals surface area contributed by atoms with Gasteiger partial charge in [0.25, 0.3) is 5.91 Å². The molecular formula is C25H22FN5O3S. The van der Waals surface area contributed by atoms with Crippen molar-refractivity contribution in [1.29, 1.82) is 0 Å². The normalized spacial score (nSPS) is 16.3. The number of hydrogen-bond donors (Lipinski definition) is 0. The Balaban J connectivity index is 1.43. The van der Waals surface area contributed by atoms with Gasteiger partial charge < -0.3 is 4.42 Å². The molecule has 0 radical (unpaired) electrons. The number of pyridine rings is 1. The summed E-state index contributed by atoms with van der Waals surface area (Å²) in [6, 6.07) is 12.6. The van der Waals surface area contributed by atoms with E-state index >= 15 is 0 Å². The third-order valence-electron chi connectivity index (χ3n) is 5.75. The van der Waals surface area contributed by atoms with E-state index in [1.165, 1.54) is 40.9 Å². The molecule has 4 aromatic rings. The lowest BCUT2D eigenvalue weighted by Gasteiger charge is -2.22. The van der Waals surface area contributed by atoms with Gasteiger partial charge in [-0.05, 0) is 61.4 Å². The monoisotopic (exact) mass is 491 g/mol. The molecule has 1 fully saturated rings. The highest BCUT2D eigenvalue weighted by molar-refractivity contribution is 8.00. The molecule has 5 rings (SSSR count). The van der Waals surface area contributed by atoms with Crippen LogP contribution in [0, 0.1) is 5.82 Å². The maximum atomic E-state index is 13.5. The zero-order valence-corrected chi connectivity index (χ0v) is 19.5. The van der Waals surface area contributed by atoms with E-state index in [2.05, 4.69) is 15.2 Å². The molecule has 1 aliphatic heterocycles. The number of aromatic nitrogens is 4. The van der Waals surface area contributed by atoms with Crippen LogP contribution in [-0.2, 0) is 11.3 Å². The van der Waals surface area contributed by atoms with E-state index < -0.39 is 17.0 Å². The first-order valence-corrected chi connectivity index (χ1v) is 12.1. The first-order valence-electron chi connectivity index (χ1n) is 11.2. The summed E-state index contributed by atoms with van der Waals surface area (Å²) in [6.07, 6.45) is 7.09. The highest BCUT2D eigenvalue weighted by Gasteiger charge is 2.33. The van der Waals surface area contributed by atoms with E-state index in [9.17, 15) is 14.0 Å². The standard InChI is InChI=1S/C25H22FN5O3S/c26-19-10-8-17(9-11-19)23(32)30-13-2-1-7-21(24(30)33)35-25-29-28-22(18-5-3-12-27-15-18)31(25)16-20-6-4-14-34-20/h3-6,8-12,14-15,21H,1-2,7,13,16H2/t21-/m0/s1. The third kappa shape index (κ3) is 5.02. The number of imide groups is 1. The Bertz CT molecular complexity index is 1310. The molecule has 178 valence electrons. The number of rotatable bonds is 6. The summed E-state index contributed by atoms with van der Waals surface area (Å²) in [5, 5.41) is 8.79. The average molecular weight is 492 g/mol. The Morgan fingerprint density at radius 3 is 2.71 bits per heavy atom. The van der Waals surface area contributed by atoms with Crippen LogP contribution in [0.3, 0.4) is 0 Å². The molecule has 1 atom stereocenters. The van der Waals surface area contributed by atoms with Crippen LogP contribution in [0.5, 0.6) is 0 Å². The quantitative estimate of drug-likeness (QED) is 0.368. The Morgan fingerprint density at radius 2 is 1.97 bits per heavy atom. The average Bonchev–Trinajstić information content (AvgIpc) is 3.50. The first-order chi connectivity index (χ1) is 17.1. The molecule has 0 saturated carbocycles. The van der Waals surface area contributed by atoms with Gasteiger partial charge in [-0.15, -0.1) is 10.2 Å². The highest BCUT2D eigenvalue weighted by atomic mass is 32.2. The van der Waals surface area contributed by atoms with Crippen LogP contribution in [0.15, 0.2) is 76.8 Å². The number of carbonyl (C=O) groups is 2. The SMILES string of the molecule is O=C(c1ccc(F)cc1)N1CCCC[C@H](Sc2nnc(-c3cccnc3)n2Cc2ccco2)C1=O. The molecular weight excluding hydrogens is 469 g/mol. The number of likely N-dealkylation sites (tertiary alicyclic amines) is 1. The van der Waals surface area contributed by atoms with Gasteiger partial charge in [0.1, 0.15) is 11.6 Å². The van der Waals surface area contributed by atoms with Crippen molar-refractivity contribution in [3.05, 3.63) is 84.3 Å². The predicted octanol–water partition coefficient (Wildman–Crippen LogP) is 4.43. The van der Waals surface area contributed by atoms with Gasteiger partial charge >= 0.3 is 0 Å². The van der Waals surface area contributed by atoms with Gasteiger partial charge in [0.05, 0.1) is 18.1 Å². The Morgan fingerprint density at radius 1 is 1.11 bits per heavy atom. The van der Waals surface area contributed by atoms with Crippen molar-refractivity contribution in [3.8, 4) is 11.4 Å². The molecule has 1 saturated heterocycles. The van der Waals surface area contributed by atoms with Gasteiger partial charge in [0.2, 0.25) is 5.91 Å². The van der Waals surface area contributed by atoms with Crippen LogP contribution >= 0.6 is 11.8 Å². The molecule has 0 N–H and O–H groups in total. The number of nitrogens with zero attached hydrogens (tertiary/aromatic N) is 5. The number of benzene rings is 1. The fourth-order valence-corrected chi connectivity index (χ4v) is 5.11. The van der Waals surface area contributed by atoms with Crippen LogP contribution in [0.25, 0.3) is 11.4 Å². The molecule has 0 aliphatic carbocycles. The van der Waals surface area contributed by atoms with E-state index in [0.29, 0.717) is 36.9 Å². The summed E-state index contributed by atoms with van der Waals surface area (Å²) in [7, 11) is 0. The second kappa shape index (κ2) is 10.2. The van der Waals surface area contributed by atoms with Crippen LogP contribution in [0.1, 0.15) is 35.4 Å². The zero-order valence-electron chi connectivity index (χ0n) is 18.7. The molecule has 35 heavy (non-hydrogen) atoms. The number of thioether (sulfide) groups is 1. The van der Waals surface area contributed by atoms with Gasteiger partial charge in [-0.1, -0.05) is 18.2 Å². The Labute approximate surface area is 205 Å². The van der Waals surface area contributed by atoms with E-state index in [-0.39, 0.29) is 11.5 Å². The number of carbonyl (C=O) groups excluding carboxylic acids is 2. The molecule has 0 bridgehead atoms. The second-order valence-corrected chi connectivity index (χ2v) is 9.29. The fraction of sp³-hybridized carbons (Fsp3) is 0.240. The van der Waals surface area contributed by atoms with Gasteiger partial charge in [-0.25, -0.2) is 4.39 Å². The Kier molecular flexibility index (Phi) is 6.71. The molecule has 4 heterocycles. The summed E-state index contributed by atoms with van der Waals surface area (Å²) in [5.41, 5.74) is 1.07. The van der Waals surface area contributed by atoms with Gasteiger partial charge in [-0.3, -0.25) is 24.0 Å². The van der Waals surface area contributed by atoms with Crippen LogP contribution in [0.2, 0.25) is 0 Å². The molecule has 10 heteroatoms. The lowest BCUT2D eigenvalue weighted by Crippen LogP contribution is -2.41. The maximum absolute atomic E-state index is 13.5. The first kappa shape index (κ1) is 23.0. The van der Waals surface area contributed by atoms with Crippen molar-refractivity contribution in [2.45, 2.75) is 36.2 Å². The molecule has 0 spiro atoms. The van der Waals surface area contributed by atoms with Gasteiger partial charge in [0, 0.05) is 30.1 Å². The van der Waals surface area contributed by atoms with Crippen molar-refractivity contribution in [1.82, 2.24) is 24.6 Å². The lowest BCUT2D eigenvalue weighted by atomic mass is 10.2. The maximum Gasteiger partial charge on any atom is 0.260 e. The smallest absolute Gasteiger partial charge is 0.260 e. The highest BCUT2D eigenvalue weighted by Crippen LogP contribution is 2.32. The predicted molar refractivity (Wildman–Crippen MR) is 127 cm³/mol. The molecule has 8 nitrogen and oxygen atoms in total. The van der Waals surface area contributed by atoms with Crippen molar-refractivity contribution < 1.29 is 18.4 Å². The van der Waals surface area contributed by atoms with Crippen LogP contribution < -0.4 is 0 Å². The largest absolute Gasteiger partial charge is 0.467 e. The molecule has 1 aliphatic rings. The minimum atomic E-state index is -0.511. The topological polar surface area (TPSA) is 94.1 Å². The Hall–Kier alpha value is -3.79. The van der Waals surface area contributed by atoms with Crippen molar-refractivity contribution in [2.75, 3.05) is 6.54 Å². The zero-order chi connectivity index (χ0) is 24.2. The van der Waals surface area contributed by atoms with E-state index in [0.717, 1.165) is 17.7 Å². The second-order valence-electron chi connectivity index (χ2n) is 8.12. The van der Waals surface area contributed by atoms with Gasteiger partial charge in [0.15, 0.2) is 11.0 Å². The molecule has 2 amide bonds.